The number of aromatic nitrogens is 1. The van der Waals surface area contributed by atoms with E-state index in [1.165, 1.54) is 0 Å². The minimum atomic E-state index is 0. The first-order chi connectivity index (χ1) is 7.78. The summed E-state index contributed by atoms with van der Waals surface area (Å²) in [4.78, 5) is 6.53. The average Bonchev–Trinajstić information content (AvgIpc) is 2.32. The van der Waals surface area contributed by atoms with Gasteiger partial charge in [0, 0.05) is 31.9 Å². The second-order valence-electron chi connectivity index (χ2n) is 4.33. The van der Waals surface area contributed by atoms with E-state index in [1.54, 1.807) is 6.20 Å². The summed E-state index contributed by atoms with van der Waals surface area (Å²) in [7, 11) is 2.14. The van der Waals surface area contributed by atoms with E-state index in [0.717, 1.165) is 31.5 Å². The van der Waals surface area contributed by atoms with Crippen molar-refractivity contribution in [1.29, 1.82) is 0 Å². The third-order valence-electron chi connectivity index (χ3n) is 2.99. The number of piperidine rings is 1. The minimum Gasteiger partial charge on any atom is -0.474 e. The topological polar surface area (TPSA) is 51.4 Å². The molecule has 0 aliphatic carbocycles. The minimum absolute atomic E-state index is 0. The molecule has 104 valence electrons. The van der Waals surface area contributed by atoms with E-state index < -0.39 is 0 Å². The molecule has 2 N–H and O–H groups in total. The second-order valence-corrected chi connectivity index (χ2v) is 4.33. The molecule has 6 heteroatoms. The lowest BCUT2D eigenvalue weighted by Crippen LogP contribution is -2.35. The fourth-order valence-corrected chi connectivity index (χ4v) is 1.92. The lowest BCUT2D eigenvalue weighted by Gasteiger charge is -2.28. The fraction of sp³-hybridized carbons (Fsp3) is 0.583. The van der Waals surface area contributed by atoms with E-state index in [-0.39, 0.29) is 24.8 Å². The van der Waals surface area contributed by atoms with E-state index in [0.29, 0.717) is 18.5 Å². The van der Waals surface area contributed by atoms with Gasteiger partial charge in [-0.3, -0.25) is 0 Å². The van der Waals surface area contributed by atoms with Gasteiger partial charge in [-0.1, -0.05) is 0 Å². The maximum absolute atomic E-state index is 5.85. The molecule has 0 bridgehead atoms. The third kappa shape index (κ3) is 4.98. The number of hydrogen-bond acceptors (Lipinski definition) is 4. The van der Waals surface area contributed by atoms with Gasteiger partial charge >= 0.3 is 0 Å². The molecule has 0 atom stereocenters. The van der Waals surface area contributed by atoms with E-state index in [2.05, 4.69) is 16.9 Å². The van der Waals surface area contributed by atoms with Gasteiger partial charge < -0.3 is 15.4 Å². The number of likely N-dealkylation sites (tertiary alicyclic amines) is 1. The van der Waals surface area contributed by atoms with Crippen molar-refractivity contribution >= 4 is 24.8 Å². The molecule has 0 aromatic carbocycles. The number of pyridine rings is 1. The fourth-order valence-electron chi connectivity index (χ4n) is 1.92. The van der Waals surface area contributed by atoms with Crippen LogP contribution in [0.4, 0.5) is 0 Å². The van der Waals surface area contributed by atoms with Gasteiger partial charge in [0.25, 0.3) is 0 Å². The zero-order valence-corrected chi connectivity index (χ0v) is 12.2. The molecule has 0 radical (unpaired) electrons. The summed E-state index contributed by atoms with van der Waals surface area (Å²) in [6.45, 7) is 2.73. The maximum Gasteiger partial charge on any atom is 0.213 e. The van der Waals surface area contributed by atoms with Crippen LogP contribution in [-0.4, -0.2) is 36.1 Å². The first-order valence-corrected chi connectivity index (χ1v) is 5.78. The van der Waals surface area contributed by atoms with Crippen LogP contribution in [0.25, 0.3) is 0 Å². The van der Waals surface area contributed by atoms with Crippen LogP contribution < -0.4 is 10.5 Å². The smallest absolute Gasteiger partial charge is 0.213 e. The Bertz CT molecular complexity index is 344. The van der Waals surface area contributed by atoms with E-state index in [4.69, 9.17) is 10.5 Å². The summed E-state index contributed by atoms with van der Waals surface area (Å²) >= 11 is 0. The van der Waals surface area contributed by atoms with Crippen LogP contribution >= 0.6 is 24.8 Å². The highest BCUT2D eigenvalue weighted by Crippen LogP contribution is 2.17. The van der Waals surface area contributed by atoms with Gasteiger partial charge in [-0.05, 0) is 31.5 Å². The largest absolute Gasteiger partial charge is 0.474 e. The van der Waals surface area contributed by atoms with E-state index in [9.17, 15) is 0 Å². The number of hydrogen-bond donors (Lipinski definition) is 1. The lowest BCUT2D eigenvalue weighted by molar-refractivity contribution is 0.110. The zero-order valence-electron chi connectivity index (χ0n) is 10.5. The molecule has 1 aliphatic rings. The Morgan fingerprint density at radius 1 is 1.39 bits per heavy atom. The number of halogens is 2. The number of rotatable bonds is 3. The molecule has 0 saturated carbocycles. The lowest BCUT2D eigenvalue weighted by atomic mass is 10.1. The Labute approximate surface area is 121 Å². The Kier molecular flexibility index (Phi) is 8.27. The molecule has 1 aromatic heterocycles. The van der Waals surface area contributed by atoms with Gasteiger partial charge in [-0.2, -0.15) is 0 Å². The van der Waals surface area contributed by atoms with Crippen LogP contribution in [0.3, 0.4) is 0 Å². The molecule has 0 amide bonds. The van der Waals surface area contributed by atoms with Crippen molar-refractivity contribution in [3.63, 3.8) is 0 Å². The van der Waals surface area contributed by atoms with Gasteiger partial charge in [-0.25, -0.2) is 4.98 Å². The summed E-state index contributed by atoms with van der Waals surface area (Å²) in [5.41, 5.74) is 6.65. The van der Waals surface area contributed by atoms with E-state index >= 15 is 0 Å². The first-order valence-electron chi connectivity index (χ1n) is 5.78. The van der Waals surface area contributed by atoms with Gasteiger partial charge in [0.1, 0.15) is 6.10 Å². The first kappa shape index (κ1) is 17.4. The van der Waals surface area contributed by atoms with Crippen LogP contribution in [0.2, 0.25) is 0 Å². The summed E-state index contributed by atoms with van der Waals surface area (Å²) in [6, 6.07) is 3.85. The monoisotopic (exact) mass is 293 g/mol. The maximum atomic E-state index is 5.85. The third-order valence-corrected chi connectivity index (χ3v) is 2.99. The molecular formula is C12H21Cl2N3O. The predicted molar refractivity (Wildman–Crippen MR) is 77.8 cm³/mol. The van der Waals surface area contributed by atoms with Crippen LogP contribution in [0, 0.1) is 0 Å². The number of nitrogens with two attached hydrogens (primary N) is 1. The van der Waals surface area contributed by atoms with Crippen molar-refractivity contribution in [1.82, 2.24) is 9.88 Å². The van der Waals surface area contributed by atoms with Crippen molar-refractivity contribution in [3.05, 3.63) is 23.9 Å². The molecule has 1 saturated heterocycles. The van der Waals surface area contributed by atoms with Crippen LogP contribution in [-0.2, 0) is 6.54 Å². The van der Waals surface area contributed by atoms with Gasteiger partial charge in [-0.15, -0.1) is 24.8 Å². The quantitative estimate of drug-likeness (QED) is 0.924. The highest BCUT2D eigenvalue weighted by molar-refractivity contribution is 5.85. The van der Waals surface area contributed by atoms with Gasteiger partial charge in [0.2, 0.25) is 5.88 Å². The van der Waals surface area contributed by atoms with Crippen LogP contribution in [0.5, 0.6) is 5.88 Å². The standard InChI is InChI=1S/C12H19N3O.2ClH/c1-15-6-3-11(4-7-15)16-12-8-10(9-13)2-5-14-12;;/h2,5,8,11H,3-4,6-7,9,13H2,1H3;2*1H. The molecular weight excluding hydrogens is 273 g/mol. The summed E-state index contributed by atoms with van der Waals surface area (Å²) in [6.07, 6.45) is 4.21. The van der Waals surface area contributed by atoms with Crippen LogP contribution in [0.1, 0.15) is 18.4 Å². The van der Waals surface area contributed by atoms with E-state index in [1.807, 2.05) is 12.1 Å². The molecule has 0 spiro atoms. The highest BCUT2D eigenvalue weighted by atomic mass is 35.5. The van der Waals surface area contributed by atoms with Crippen molar-refractivity contribution < 1.29 is 4.74 Å². The predicted octanol–water partition coefficient (Wildman–Crippen LogP) is 1.86. The Balaban J connectivity index is 0.00000144. The molecule has 1 fully saturated rings. The average molecular weight is 294 g/mol. The van der Waals surface area contributed by atoms with Gasteiger partial charge in [0.05, 0.1) is 0 Å². The molecule has 2 heterocycles. The molecule has 0 unspecified atom stereocenters. The van der Waals surface area contributed by atoms with Crippen molar-refractivity contribution in [2.45, 2.75) is 25.5 Å². The molecule has 2 rings (SSSR count). The molecule has 1 aliphatic heterocycles. The molecule has 4 nitrogen and oxygen atoms in total. The second kappa shape index (κ2) is 8.53. The normalized spacial score (nSPS) is 16.6. The summed E-state index contributed by atoms with van der Waals surface area (Å²) in [5.74, 6) is 0.706. The molecule has 1 aromatic rings. The Morgan fingerprint density at radius 3 is 2.67 bits per heavy atom. The number of ether oxygens (including phenoxy) is 1. The summed E-state index contributed by atoms with van der Waals surface area (Å²) in [5, 5.41) is 0. The summed E-state index contributed by atoms with van der Waals surface area (Å²) < 4.78 is 5.85. The van der Waals surface area contributed by atoms with Crippen molar-refractivity contribution in [3.8, 4) is 5.88 Å². The van der Waals surface area contributed by atoms with Crippen molar-refractivity contribution in [2.75, 3.05) is 20.1 Å². The number of nitrogens with zero attached hydrogens (tertiary/aromatic N) is 2. The molecule has 18 heavy (non-hydrogen) atoms. The Morgan fingerprint density at radius 2 is 2.06 bits per heavy atom. The van der Waals surface area contributed by atoms with Crippen LogP contribution in [0.15, 0.2) is 18.3 Å². The highest BCUT2D eigenvalue weighted by Gasteiger charge is 2.18. The van der Waals surface area contributed by atoms with Crippen molar-refractivity contribution in [2.24, 2.45) is 5.73 Å². The van der Waals surface area contributed by atoms with Gasteiger partial charge in [0.15, 0.2) is 0 Å². The SMILES string of the molecule is CN1CCC(Oc2cc(CN)ccn2)CC1.Cl.Cl. The zero-order chi connectivity index (χ0) is 11.4. The Hall–Kier alpha value is -0.550.